The number of ether oxygens (including phenoxy) is 1. The quantitative estimate of drug-likeness (QED) is 0.919. The summed E-state index contributed by atoms with van der Waals surface area (Å²) >= 11 is 5.78. The van der Waals surface area contributed by atoms with Crippen molar-refractivity contribution in [3.8, 4) is 5.75 Å². The molecule has 0 spiro atoms. The maximum atomic E-state index is 12.8. The lowest BCUT2D eigenvalue weighted by molar-refractivity contribution is -0.138. The molecular weight excluding hydrogens is 269 g/mol. The molecule has 2 nitrogen and oxygen atoms in total. The Labute approximate surface area is 107 Å². The van der Waals surface area contributed by atoms with E-state index in [-0.39, 0.29) is 17.2 Å². The molecule has 1 N–H and O–H groups in total. The lowest BCUT2D eigenvalue weighted by atomic mass is 10.0. The molecule has 1 saturated carbocycles. The maximum absolute atomic E-state index is 12.8. The van der Waals surface area contributed by atoms with Crippen molar-refractivity contribution in [1.29, 1.82) is 0 Å². The van der Waals surface area contributed by atoms with Crippen molar-refractivity contribution < 1.29 is 23.0 Å². The Hall–Kier alpha value is -0.940. The van der Waals surface area contributed by atoms with Crippen molar-refractivity contribution >= 4 is 11.6 Å². The number of aliphatic hydroxyl groups is 1. The summed E-state index contributed by atoms with van der Waals surface area (Å²) in [7, 11) is 1.14. The molecule has 6 heteroatoms. The van der Waals surface area contributed by atoms with E-state index in [0.29, 0.717) is 18.4 Å². The standard InChI is InChI=1S/C12H12ClF3O2/c1-18-10-8(12(14,15)16)4-7(5-9(10)13)6-11(17)2-3-11/h4-5,17H,2-3,6H2,1H3. The van der Waals surface area contributed by atoms with Gasteiger partial charge in [0.2, 0.25) is 0 Å². The van der Waals surface area contributed by atoms with Crippen molar-refractivity contribution in [2.24, 2.45) is 0 Å². The lowest BCUT2D eigenvalue weighted by Gasteiger charge is -2.16. The van der Waals surface area contributed by atoms with Gasteiger partial charge in [0.15, 0.2) is 0 Å². The number of alkyl halides is 3. The van der Waals surface area contributed by atoms with E-state index >= 15 is 0 Å². The molecule has 0 amide bonds. The number of benzene rings is 1. The summed E-state index contributed by atoms with van der Waals surface area (Å²) in [5, 5.41) is 9.65. The fourth-order valence-electron chi connectivity index (χ4n) is 1.87. The highest BCUT2D eigenvalue weighted by Crippen LogP contribution is 2.44. The monoisotopic (exact) mass is 280 g/mol. The zero-order valence-corrected chi connectivity index (χ0v) is 10.4. The summed E-state index contributed by atoms with van der Waals surface area (Å²) in [6, 6.07) is 2.40. The zero-order chi connectivity index (χ0) is 13.6. The molecule has 0 bridgehead atoms. The Morgan fingerprint density at radius 1 is 1.39 bits per heavy atom. The van der Waals surface area contributed by atoms with Crippen molar-refractivity contribution in [3.05, 3.63) is 28.3 Å². The molecule has 1 fully saturated rings. The number of rotatable bonds is 3. The van der Waals surface area contributed by atoms with Gasteiger partial charge in [0.25, 0.3) is 0 Å². The van der Waals surface area contributed by atoms with Gasteiger partial charge in [0.1, 0.15) is 5.75 Å². The van der Waals surface area contributed by atoms with E-state index in [4.69, 9.17) is 11.6 Å². The van der Waals surface area contributed by atoms with Gasteiger partial charge < -0.3 is 9.84 Å². The first kappa shape index (κ1) is 13.5. The Kier molecular flexibility index (Phi) is 3.23. The molecule has 18 heavy (non-hydrogen) atoms. The van der Waals surface area contributed by atoms with Crippen LogP contribution in [0.5, 0.6) is 5.75 Å². The van der Waals surface area contributed by atoms with Crippen LogP contribution < -0.4 is 4.74 Å². The predicted octanol–water partition coefficient (Wildman–Crippen LogP) is 3.43. The highest BCUT2D eigenvalue weighted by Gasteiger charge is 2.41. The second-order valence-electron chi connectivity index (χ2n) is 4.56. The first-order valence-electron chi connectivity index (χ1n) is 5.41. The first-order chi connectivity index (χ1) is 8.25. The summed E-state index contributed by atoms with van der Waals surface area (Å²) in [5.74, 6) is -0.379. The van der Waals surface area contributed by atoms with E-state index in [9.17, 15) is 18.3 Å². The number of halogens is 4. The van der Waals surface area contributed by atoms with Crippen LogP contribution in [-0.2, 0) is 12.6 Å². The molecule has 100 valence electrons. The summed E-state index contributed by atoms with van der Waals surface area (Å²) in [5.41, 5.74) is -1.40. The second-order valence-corrected chi connectivity index (χ2v) is 4.96. The number of hydrogen-bond donors (Lipinski definition) is 1. The summed E-state index contributed by atoms with van der Waals surface area (Å²) in [6.45, 7) is 0. The zero-order valence-electron chi connectivity index (χ0n) is 9.64. The Morgan fingerprint density at radius 3 is 2.44 bits per heavy atom. The predicted molar refractivity (Wildman–Crippen MR) is 60.9 cm³/mol. The van der Waals surface area contributed by atoms with Gasteiger partial charge in [-0.05, 0) is 30.5 Å². The lowest BCUT2D eigenvalue weighted by Crippen LogP contribution is -2.13. The van der Waals surface area contributed by atoms with E-state index in [0.717, 1.165) is 13.2 Å². The molecule has 0 unspecified atom stereocenters. The van der Waals surface area contributed by atoms with Crippen LogP contribution >= 0.6 is 11.6 Å². The third-order valence-corrected chi connectivity index (χ3v) is 3.25. The summed E-state index contributed by atoms with van der Waals surface area (Å²) < 4.78 is 43.2. The SMILES string of the molecule is COc1c(Cl)cc(CC2(O)CC2)cc1C(F)(F)F. The second kappa shape index (κ2) is 4.31. The van der Waals surface area contributed by atoms with Crippen LogP contribution in [0, 0.1) is 0 Å². The minimum Gasteiger partial charge on any atom is -0.495 e. The fraction of sp³-hybridized carbons (Fsp3) is 0.500. The third-order valence-electron chi connectivity index (χ3n) is 2.97. The van der Waals surface area contributed by atoms with Crippen molar-refractivity contribution in [3.63, 3.8) is 0 Å². The Bertz CT molecular complexity index is 467. The van der Waals surface area contributed by atoms with E-state index in [1.165, 1.54) is 6.07 Å². The van der Waals surface area contributed by atoms with Crippen molar-refractivity contribution in [1.82, 2.24) is 0 Å². The molecule has 1 aromatic rings. The summed E-state index contributed by atoms with van der Waals surface area (Å²) in [6.07, 6.45) is -3.13. The highest BCUT2D eigenvalue weighted by atomic mass is 35.5. The van der Waals surface area contributed by atoms with E-state index in [1.807, 2.05) is 0 Å². The fourth-order valence-corrected chi connectivity index (χ4v) is 2.19. The van der Waals surface area contributed by atoms with Gasteiger partial charge >= 0.3 is 6.18 Å². The molecule has 0 radical (unpaired) electrons. The van der Waals surface area contributed by atoms with Crippen LogP contribution in [0.3, 0.4) is 0 Å². The van der Waals surface area contributed by atoms with Crippen LogP contribution in [0.25, 0.3) is 0 Å². The van der Waals surface area contributed by atoms with E-state index in [2.05, 4.69) is 4.74 Å². The van der Waals surface area contributed by atoms with Crippen LogP contribution in [0.4, 0.5) is 13.2 Å². The minimum absolute atomic E-state index is 0.0911. The van der Waals surface area contributed by atoms with Crippen LogP contribution in [0.2, 0.25) is 5.02 Å². The average molecular weight is 281 g/mol. The summed E-state index contributed by atoms with van der Waals surface area (Å²) in [4.78, 5) is 0. The Balaban J connectivity index is 2.42. The smallest absolute Gasteiger partial charge is 0.420 e. The molecule has 1 aromatic carbocycles. The van der Waals surface area contributed by atoms with Gasteiger partial charge in [-0.1, -0.05) is 11.6 Å². The molecule has 1 aliphatic carbocycles. The normalized spacial score (nSPS) is 17.7. The van der Waals surface area contributed by atoms with Gasteiger partial charge in [-0.25, -0.2) is 0 Å². The average Bonchev–Trinajstić information content (AvgIpc) is 2.94. The highest BCUT2D eigenvalue weighted by molar-refractivity contribution is 6.32. The minimum atomic E-state index is -4.53. The molecule has 1 aliphatic rings. The van der Waals surface area contributed by atoms with Crippen LogP contribution in [0.15, 0.2) is 12.1 Å². The molecular formula is C12H12ClF3O2. The van der Waals surface area contributed by atoms with Crippen molar-refractivity contribution in [2.45, 2.75) is 31.0 Å². The molecule has 0 aromatic heterocycles. The third kappa shape index (κ3) is 2.72. The molecule has 0 heterocycles. The maximum Gasteiger partial charge on any atom is 0.420 e. The molecule has 0 saturated heterocycles. The van der Waals surface area contributed by atoms with Gasteiger partial charge in [-0.15, -0.1) is 0 Å². The molecule has 0 aliphatic heterocycles. The van der Waals surface area contributed by atoms with Crippen LogP contribution in [0.1, 0.15) is 24.0 Å². The molecule has 0 atom stereocenters. The van der Waals surface area contributed by atoms with Gasteiger partial charge in [0.05, 0.1) is 23.3 Å². The van der Waals surface area contributed by atoms with E-state index < -0.39 is 17.3 Å². The number of hydrogen-bond acceptors (Lipinski definition) is 2. The van der Waals surface area contributed by atoms with Gasteiger partial charge in [-0.3, -0.25) is 0 Å². The van der Waals surface area contributed by atoms with Gasteiger partial charge in [0, 0.05) is 6.42 Å². The van der Waals surface area contributed by atoms with E-state index in [1.54, 1.807) is 0 Å². The van der Waals surface area contributed by atoms with Crippen LogP contribution in [-0.4, -0.2) is 17.8 Å². The first-order valence-corrected chi connectivity index (χ1v) is 5.79. The number of methoxy groups -OCH3 is 1. The topological polar surface area (TPSA) is 29.5 Å². The largest absolute Gasteiger partial charge is 0.495 e. The molecule has 2 rings (SSSR count). The Morgan fingerprint density at radius 2 is 2.00 bits per heavy atom. The van der Waals surface area contributed by atoms with Crippen molar-refractivity contribution in [2.75, 3.05) is 7.11 Å². The van der Waals surface area contributed by atoms with Gasteiger partial charge in [-0.2, -0.15) is 13.2 Å².